The zero-order valence-electron chi connectivity index (χ0n) is 13.7. The monoisotopic (exact) mass is 346 g/mol. The molecule has 0 radical (unpaired) electrons. The van der Waals surface area contributed by atoms with Crippen molar-refractivity contribution in [1.82, 2.24) is 5.32 Å². The van der Waals surface area contributed by atoms with Gasteiger partial charge in [-0.25, -0.2) is 0 Å². The number of nitrogens with one attached hydrogen (secondary N) is 1. The summed E-state index contributed by atoms with van der Waals surface area (Å²) in [6.07, 6.45) is 2.51. The normalized spacial score (nSPS) is 13.0. The molecule has 3 rings (SSSR count). The molecule has 1 saturated carbocycles. The molecule has 1 fully saturated rings. The average molecular weight is 347 g/mol. The van der Waals surface area contributed by atoms with Gasteiger partial charge in [0.1, 0.15) is 5.75 Å². The molecule has 0 aromatic heterocycles. The van der Waals surface area contributed by atoms with Crippen LogP contribution < -0.4 is 15.8 Å². The lowest BCUT2D eigenvalue weighted by Gasteiger charge is -2.13. The quantitative estimate of drug-likeness (QED) is 0.783. The van der Waals surface area contributed by atoms with Gasteiger partial charge < -0.3 is 15.8 Å². The van der Waals surface area contributed by atoms with Crippen molar-refractivity contribution in [1.29, 1.82) is 0 Å². The Labute approximate surface area is 148 Å². The van der Waals surface area contributed by atoms with Gasteiger partial charge in [0.2, 0.25) is 0 Å². The van der Waals surface area contributed by atoms with Crippen LogP contribution in [0.15, 0.2) is 42.5 Å². The van der Waals surface area contributed by atoms with Crippen LogP contribution in [0.4, 0.5) is 5.69 Å². The summed E-state index contributed by atoms with van der Waals surface area (Å²) in [4.78, 5) is 12.2. The number of anilines is 1. The third-order valence-electron chi connectivity index (χ3n) is 3.98. The molecule has 4 nitrogen and oxygen atoms in total. The zero-order chi connectivity index (χ0) is 16.2. The van der Waals surface area contributed by atoms with Gasteiger partial charge in [-0.1, -0.05) is 18.2 Å². The molecule has 3 N–H and O–H groups in total. The van der Waals surface area contributed by atoms with Crippen LogP contribution in [0.2, 0.25) is 0 Å². The number of carbonyl (C=O) groups excluding carboxylic acids is 1. The van der Waals surface area contributed by atoms with Crippen molar-refractivity contribution < 1.29 is 9.53 Å². The van der Waals surface area contributed by atoms with E-state index >= 15 is 0 Å². The van der Waals surface area contributed by atoms with Gasteiger partial charge in [0.05, 0.1) is 6.61 Å². The molecule has 0 spiro atoms. The van der Waals surface area contributed by atoms with Gasteiger partial charge in [0.25, 0.3) is 5.91 Å². The lowest BCUT2D eigenvalue weighted by molar-refractivity contribution is 0.0950. The van der Waals surface area contributed by atoms with Crippen molar-refractivity contribution in [2.75, 3.05) is 12.3 Å². The van der Waals surface area contributed by atoms with Crippen LogP contribution in [0.25, 0.3) is 0 Å². The molecule has 0 heterocycles. The van der Waals surface area contributed by atoms with E-state index in [1.54, 1.807) is 24.3 Å². The first-order valence-electron chi connectivity index (χ1n) is 7.98. The van der Waals surface area contributed by atoms with Crippen molar-refractivity contribution in [2.24, 2.45) is 5.92 Å². The fourth-order valence-corrected chi connectivity index (χ4v) is 2.39. The second-order valence-corrected chi connectivity index (χ2v) is 6.17. The van der Waals surface area contributed by atoms with Gasteiger partial charge in [-0.15, -0.1) is 12.4 Å². The number of benzene rings is 2. The van der Waals surface area contributed by atoms with Crippen molar-refractivity contribution >= 4 is 24.0 Å². The fraction of sp³-hybridized carbons (Fsp3) is 0.316. The number of amides is 1. The first kappa shape index (κ1) is 18.1. The second kappa shape index (κ2) is 8.06. The van der Waals surface area contributed by atoms with Gasteiger partial charge in [0.15, 0.2) is 0 Å². The summed E-state index contributed by atoms with van der Waals surface area (Å²) in [6, 6.07) is 13.1. The highest BCUT2D eigenvalue weighted by Crippen LogP contribution is 2.30. The Hall–Kier alpha value is -2.20. The second-order valence-electron chi connectivity index (χ2n) is 6.17. The summed E-state index contributed by atoms with van der Waals surface area (Å²) in [5.74, 6) is 1.43. The molecule has 0 bridgehead atoms. The third kappa shape index (κ3) is 4.90. The largest absolute Gasteiger partial charge is 0.493 e. The molecule has 1 aliphatic rings. The Bertz CT molecular complexity index is 714. The Kier molecular flexibility index (Phi) is 6.10. The summed E-state index contributed by atoms with van der Waals surface area (Å²) < 4.78 is 5.93. The molecule has 0 aliphatic heterocycles. The Balaban J connectivity index is 0.00000208. The van der Waals surface area contributed by atoms with E-state index in [1.165, 1.54) is 12.8 Å². The first-order chi connectivity index (χ1) is 11.1. The van der Waals surface area contributed by atoms with Crippen molar-refractivity contribution in [2.45, 2.75) is 26.3 Å². The van der Waals surface area contributed by atoms with Gasteiger partial charge in [-0.2, -0.15) is 0 Å². The molecule has 0 unspecified atom stereocenters. The van der Waals surface area contributed by atoms with Crippen molar-refractivity contribution in [3.05, 3.63) is 59.2 Å². The molecule has 0 saturated heterocycles. The van der Waals surface area contributed by atoms with E-state index in [4.69, 9.17) is 10.5 Å². The topological polar surface area (TPSA) is 64.4 Å². The van der Waals surface area contributed by atoms with E-state index in [1.807, 2.05) is 25.1 Å². The number of nitrogens with two attached hydrogens (primary N) is 1. The Morgan fingerprint density at radius 1 is 1.25 bits per heavy atom. The standard InChI is InChI=1S/C19H22N2O2.ClH/c1-13-5-8-16(18(9-13)23-12-14-6-7-14)11-21-19(22)15-3-2-4-17(20)10-15;/h2-5,8-10,14H,6-7,11-12,20H2,1H3,(H,21,22);1H. The zero-order valence-corrected chi connectivity index (χ0v) is 14.6. The maximum absolute atomic E-state index is 12.2. The van der Waals surface area contributed by atoms with Crippen LogP contribution >= 0.6 is 12.4 Å². The van der Waals surface area contributed by atoms with E-state index in [0.717, 1.165) is 23.5 Å². The number of rotatable bonds is 6. The minimum absolute atomic E-state index is 0. The van der Waals surface area contributed by atoms with Gasteiger partial charge in [-0.3, -0.25) is 4.79 Å². The maximum atomic E-state index is 12.2. The highest BCUT2D eigenvalue weighted by atomic mass is 35.5. The van der Waals surface area contributed by atoms with Crippen LogP contribution in [0, 0.1) is 12.8 Å². The molecular weight excluding hydrogens is 324 g/mol. The van der Waals surface area contributed by atoms with Gasteiger partial charge >= 0.3 is 0 Å². The summed E-state index contributed by atoms with van der Waals surface area (Å²) in [5, 5.41) is 2.93. The predicted molar refractivity (Wildman–Crippen MR) is 98.7 cm³/mol. The van der Waals surface area contributed by atoms with Crippen LogP contribution in [-0.4, -0.2) is 12.5 Å². The van der Waals surface area contributed by atoms with E-state index in [0.29, 0.717) is 23.7 Å². The highest BCUT2D eigenvalue weighted by molar-refractivity contribution is 5.94. The molecule has 128 valence electrons. The predicted octanol–water partition coefficient (Wildman–Crippen LogP) is 3.72. The number of carbonyl (C=O) groups is 1. The minimum atomic E-state index is -0.133. The summed E-state index contributed by atoms with van der Waals surface area (Å²) in [6.45, 7) is 3.24. The van der Waals surface area contributed by atoms with Gasteiger partial charge in [-0.05, 0) is 55.5 Å². The van der Waals surface area contributed by atoms with E-state index in [2.05, 4.69) is 5.32 Å². The number of ether oxygens (including phenoxy) is 1. The smallest absolute Gasteiger partial charge is 0.251 e. The number of hydrogen-bond donors (Lipinski definition) is 2. The molecule has 24 heavy (non-hydrogen) atoms. The summed E-state index contributed by atoms with van der Waals surface area (Å²) in [7, 11) is 0. The number of aryl methyl sites for hydroxylation is 1. The van der Waals surface area contributed by atoms with Crippen LogP contribution in [0.5, 0.6) is 5.75 Å². The van der Waals surface area contributed by atoms with E-state index in [9.17, 15) is 4.79 Å². The number of hydrogen-bond acceptors (Lipinski definition) is 3. The van der Waals surface area contributed by atoms with Crippen LogP contribution in [-0.2, 0) is 6.54 Å². The summed E-state index contributed by atoms with van der Waals surface area (Å²) >= 11 is 0. The molecule has 2 aromatic rings. The molecular formula is C19H23ClN2O2. The Morgan fingerprint density at radius 3 is 2.75 bits per heavy atom. The lowest BCUT2D eigenvalue weighted by Crippen LogP contribution is -2.23. The highest BCUT2D eigenvalue weighted by Gasteiger charge is 2.22. The number of halogens is 1. The van der Waals surface area contributed by atoms with Gasteiger partial charge in [0, 0.05) is 23.4 Å². The SMILES string of the molecule is Cc1ccc(CNC(=O)c2cccc(N)c2)c(OCC2CC2)c1.Cl. The molecule has 5 heteroatoms. The minimum Gasteiger partial charge on any atom is -0.493 e. The summed E-state index contributed by atoms with van der Waals surface area (Å²) in [5.41, 5.74) is 9.02. The number of nitrogen functional groups attached to an aromatic ring is 1. The first-order valence-corrected chi connectivity index (χ1v) is 7.98. The Morgan fingerprint density at radius 2 is 2.04 bits per heavy atom. The average Bonchev–Trinajstić information content (AvgIpc) is 3.36. The maximum Gasteiger partial charge on any atom is 0.251 e. The van der Waals surface area contributed by atoms with Crippen molar-refractivity contribution in [3.63, 3.8) is 0 Å². The van der Waals surface area contributed by atoms with E-state index < -0.39 is 0 Å². The molecule has 0 atom stereocenters. The lowest BCUT2D eigenvalue weighted by atomic mass is 10.1. The molecule has 1 amide bonds. The van der Waals surface area contributed by atoms with E-state index in [-0.39, 0.29) is 18.3 Å². The van der Waals surface area contributed by atoms with Crippen LogP contribution in [0.1, 0.15) is 34.3 Å². The fourth-order valence-electron chi connectivity index (χ4n) is 2.39. The molecule has 1 aliphatic carbocycles. The molecule has 2 aromatic carbocycles. The van der Waals surface area contributed by atoms with Crippen molar-refractivity contribution in [3.8, 4) is 5.75 Å². The third-order valence-corrected chi connectivity index (χ3v) is 3.98. The van der Waals surface area contributed by atoms with Crippen LogP contribution in [0.3, 0.4) is 0 Å².